The van der Waals surface area contributed by atoms with Crippen molar-refractivity contribution >= 4 is 5.78 Å². The maximum atomic E-state index is 11.8. The lowest BCUT2D eigenvalue weighted by atomic mass is 9.76. The van der Waals surface area contributed by atoms with Gasteiger partial charge in [0.05, 0.1) is 0 Å². The molecule has 1 saturated carbocycles. The Morgan fingerprint density at radius 3 is 2.41 bits per heavy atom. The van der Waals surface area contributed by atoms with Crippen LogP contribution in [0.2, 0.25) is 0 Å². The fourth-order valence-electron chi connectivity index (χ4n) is 3.05. The Morgan fingerprint density at radius 2 is 1.82 bits per heavy atom. The largest absolute Gasteiger partial charge is 0.300 e. The summed E-state index contributed by atoms with van der Waals surface area (Å²) in [5.41, 5.74) is 1.30. The van der Waals surface area contributed by atoms with Gasteiger partial charge < -0.3 is 0 Å². The average Bonchev–Trinajstić information content (AvgIpc) is 2.38. The highest BCUT2D eigenvalue weighted by Gasteiger charge is 2.26. The molecule has 0 N–H and O–H groups in total. The zero-order valence-corrected chi connectivity index (χ0v) is 10.7. The van der Waals surface area contributed by atoms with Crippen LogP contribution in [-0.2, 0) is 11.2 Å². The second kappa shape index (κ2) is 6.00. The van der Waals surface area contributed by atoms with Gasteiger partial charge in [0, 0.05) is 5.92 Å². The van der Waals surface area contributed by atoms with E-state index in [-0.39, 0.29) is 5.92 Å². The Bertz CT molecular complexity index is 349. The minimum absolute atomic E-state index is 0.248. The van der Waals surface area contributed by atoms with E-state index < -0.39 is 0 Å². The number of hydrogen-bond acceptors (Lipinski definition) is 1. The van der Waals surface area contributed by atoms with Gasteiger partial charge in [-0.15, -0.1) is 0 Å². The minimum Gasteiger partial charge on any atom is -0.300 e. The van der Waals surface area contributed by atoms with Gasteiger partial charge in [-0.3, -0.25) is 4.79 Å². The fourth-order valence-corrected chi connectivity index (χ4v) is 3.05. The van der Waals surface area contributed by atoms with E-state index in [1.807, 2.05) is 6.07 Å². The van der Waals surface area contributed by atoms with Crippen LogP contribution < -0.4 is 0 Å². The molecule has 0 heterocycles. The number of carbonyl (C=O) groups excluding carboxylic acids is 1. The lowest BCUT2D eigenvalue weighted by Gasteiger charge is -2.28. The van der Waals surface area contributed by atoms with Crippen molar-refractivity contribution in [1.82, 2.24) is 0 Å². The van der Waals surface area contributed by atoms with Crippen molar-refractivity contribution in [2.45, 2.75) is 45.4 Å². The molecule has 0 aromatic heterocycles. The predicted octanol–water partition coefficient (Wildman–Crippen LogP) is 4.01. The molecule has 0 spiro atoms. The van der Waals surface area contributed by atoms with Crippen LogP contribution in [0, 0.1) is 11.8 Å². The molecule has 0 radical (unpaired) electrons. The van der Waals surface area contributed by atoms with Crippen LogP contribution in [0.25, 0.3) is 0 Å². The quantitative estimate of drug-likeness (QED) is 0.763. The number of hydrogen-bond donors (Lipinski definition) is 0. The van der Waals surface area contributed by atoms with E-state index in [0.29, 0.717) is 11.7 Å². The molecule has 0 amide bonds. The predicted molar refractivity (Wildman–Crippen MR) is 70.9 cm³/mol. The third-order valence-corrected chi connectivity index (χ3v) is 4.04. The zero-order chi connectivity index (χ0) is 12.1. The molecule has 92 valence electrons. The SMILES string of the molecule is CC(=O)C(Cc1ccccc1)C1CCCCC1. The van der Waals surface area contributed by atoms with Crippen LogP contribution in [-0.4, -0.2) is 5.78 Å². The molecule has 1 aromatic carbocycles. The van der Waals surface area contributed by atoms with E-state index in [2.05, 4.69) is 24.3 Å². The molecular weight excluding hydrogens is 208 g/mol. The first-order chi connectivity index (χ1) is 8.27. The molecule has 1 heteroatoms. The molecule has 2 rings (SSSR count). The van der Waals surface area contributed by atoms with Gasteiger partial charge in [0.1, 0.15) is 5.78 Å². The maximum Gasteiger partial charge on any atom is 0.133 e. The van der Waals surface area contributed by atoms with Crippen molar-refractivity contribution in [3.8, 4) is 0 Å². The summed E-state index contributed by atoms with van der Waals surface area (Å²) < 4.78 is 0. The Kier molecular flexibility index (Phi) is 4.36. The Morgan fingerprint density at radius 1 is 1.18 bits per heavy atom. The summed E-state index contributed by atoms with van der Waals surface area (Å²) in [6.07, 6.45) is 7.40. The molecule has 1 fully saturated rings. The van der Waals surface area contributed by atoms with Gasteiger partial charge in [-0.05, 0) is 37.7 Å². The number of rotatable bonds is 4. The second-order valence-corrected chi connectivity index (χ2v) is 5.30. The third-order valence-electron chi connectivity index (χ3n) is 4.04. The lowest BCUT2D eigenvalue weighted by molar-refractivity contribution is -0.122. The van der Waals surface area contributed by atoms with E-state index in [1.54, 1.807) is 6.92 Å². The van der Waals surface area contributed by atoms with Gasteiger partial charge in [-0.1, -0.05) is 49.6 Å². The van der Waals surface area contributed by atoms with Gasteiger partial charge in [0.15, 0.2) is 0 Å². The second-order valence-electron chi connectivity index (χ2n) is 5.30. The Hall–Kier alpha value is -1.11. The standard InChI is InChI=1S/C16H22O/c1-13(17)16(15-10-6-3-7-11-15)12-14-8-4-2-5-9-14/h2,4-5,8-9,15-16H,3,6-7,10-12H2,1H3. The van der Waals surface area contributed by atoms with Crippen LogP contribution >= 0.6 is 0 Å². The highest BCUT2D eigenvalue weighted by Crippen LogP contribution is 2.32. The highest BCUT2D eigenvalue weighted by atomic mass is 16.1. The summed E-state index contributed by atoms with van der Waals surface area (Å²) in [5, 5.41) is 0. The molecule has 1 unspecified atom stereocenters. The molecule has 1 aliphatic rings. The first-order valence-electron chi connectivity index (χ1n) is 6.82. The van der Waals surface area contributed by atoms with Crippen molar-refractivity contribution in [2.75, 3.05) is 0 Å². The molecule has 17 heavy (non-hydrogen) atoms. The first kappa shape index (κ1) is 12.3. The number of ketones is 1. The topological polar surface area (TPSA) is 17.1 Å². The monoisotopic (exact) mass is 230 g/mol. The van der Waals surface area contributed by atoms with E-state index >= 15 is 0 Å². The highest BCUT2D eigenvalue weighted by molar-refractivity contribution is 5.78. The van der Waals surface area contributed by atoms with Crippen molar-refractivity contribution in [3.05, 3.63) is 35.9 Å². The van der Waals surface area contributed by atoms with Crippen LogP contribution in [0.15, 0.2) is 30.3 Å². The molecule has 1 aromatic rings. The van der Waals surface area contributed by atoms with Crippen molar-refractivity contribution in [2.24, 2.45) is 11.8 Å². The van der Waals surface area contributed by atoms with Gasteiger partial charge in [-0.2, -0.15) is 0 Å². The van der Waals surface area contributed by atoms with Gasteiger partial charge >= 0.3 is 0 Å². The van der Waals surface area contributed by atoms with Crippen LogP contribution in [0.1, 0.15) is 44.6 Å². The maximum absolute atomic E-state index is 11.8. The fraction of sp³-hybridized carbons (Fsp3) is 0.562. The first-order valence-corrected chi connectivity index (χ1v) is 6.82. The molecule has 0 bridgehead atoms. The summed E-state index contributed by atoms with van der Waals surface area (Å²) in [6, 6.07) is 10.4. The average molecular weight is 230 g/mol. The summed E-state index contributed by atoms with van der Waals surface area (Å²) in [6.45, 7) is 1.77. The Balaban J connectivity index is 2.04. The van der Waals surface area contributed by atoms with E-state index in [0.717, 1.165) is 6.42 Å². The van der Waals surface area contributed by atoms with Crippen molar-refractivity contribution in [3.63, 3.8) is 0 Å². The molecule has 1 aliphatic carbocycles. The van der Waals surface area contributed by atoms with Crippen LogP contribution in [0.3, 0.4) is 0 Å². The normalized spacial score (nSPS) is 18.9. The molecule has 1 nitrogen and oxygen atoms in total. The number of benzene rings is 1. The van der Waals surface area contributed by atoms with Crippen LogP contribution in [0.4, 0.5) is 0 Å². The summed E-state index contributed by atoms with van der Waals surface area (Å²) >= 11 is 0. The van der Waals surface area contributed by atoms with Crippen molar-refractivity contribution < 1.29 is 4.79 Å². The molecule has 1 atom stereocenters. The zero-order valence-electron chi connectivity index (χ0n) is 10.7. The van der Waals surface area contributed by atoms with Gasteiger partial charge in [0.25, 0.3) is 0 Å². The van der Waals surface area contributed by atoms with Crippen molar-refractivity contribution in [1.29, 1.82) is 0 Å². The summed E-state index contributed by atoms with van der Waals surface area (Å²) in [5.74, 6) is 1.25. The van der Waals surface area contributed by atoms with E-state index in [1.165, 1.54) is 37.7 Å². The molecule has 0 aliphatic heterocycles. The number of carbonyl (C=O) groups is 1. The van der Waals surface area contributed by atoms with E-state index in [9.17, 15) is 4.79 Å². The minimum atomic E-state index is 0.248. The summed E-state index contributed by atoms with van der Waals surface area (Å²) in [4.78, 5) is 11.8. The Labute approximate surface area is 104 Å². The van der Waals surface area contributed by atoms with Gasteiger partial charge in [-0.25, -0.2) is 0 Å². The summed E-state index contributed by atoms with van der Waals surface area (Å²) in [7, 11) is 0. The molecule has 0 saturated heterocycles. The third kappa shape index (κ3) is 3.42. The lowest BCUT2D eigenvalue weighted by Crippen LogP contribution is -2.26. The van der Waals surface area contributed by atoms with Crippen LogP contribution in [0.5, 0.6) is 0 Å². The molecular formula is C16H22O. The van der Waals surface area contributed by atoms with E-state index in [4.69, 9.17) is 0 Å². The number of Topliss-reactive ketones (excluding diaryl/α,β-unsaturated/α-hetero) is 1. The smallest absolute Gasteiger partial charge is 0.133 e. The van der Waals surface area contributed by atoms with Gasteiger partial charge in [0.2, 0.25) is 0 Å².